The van der Waals surface area contributed by atoms with Gasteiger partial charge in [-0.05, 0) is 39.0 Å². The molecule has 3 rings (SSSR count). The van der Waals surface area contributed by atoms with Gasteiger partial charge in [-0.15, -0.1) is 11.3 Å². The summed E-state index contributed by atoms with van der Waals surface area (Å²) in [6.45, 7) is 1.80. The van der Waals surface area contributed by atoms with Crippen molar-refractivity contribution in [2.24, 2.45) is 7.05 Å². The van der Waals surface area contributed by atoms with Crippen LogP contribution in [0.2, 0.25) is 0 Å². The zero-order valence-corrected chi connectivity index (χ0v) is 13.1. The van der Waals surface area contributed by atoms with Gasteiger partial charge in [0.2, 0.25) is 0 Å². The van der Waals surface area contributed by atoms with E-state index in [4.69, 9.17) is 0 Å². The lowest BCUT2D eigenvalue weighted by Crippen LogP contribution is -2.11. The zero-order valence-electron chi connectivity index (χ0n) is 10.7. The van der Waals surface area contributed by atoms with Crippen molar-refractivity contribution in [3.63, 3.8) is 0 Å². The summed E-state index contributed by atoms with van der Waals surface area (Å²) in [5.74, 6) is 0. The van der Waals surface area contributed by atoms with Gasteiger partial charge in [-0.2, -0.15) is 0 Å². The molecule has 98 valence electrons. The molecule has 0 fully saturated rings. The molecule has 2 aromatic heterocycles. The summed E-state index contributed by atoms with van der Waals surface area (Å²) in [7, 11) is 2.10. The maximum atomic E-state index is 3.56. The number of para-hydroxylation sites is 1. The number of fused-ring (bicyclic) bond motifs is 1. The molecule has 0 atom stereocenters. The molecule has 0 spiro atoms. The van der Waals surface area contributed by atoms with Gasteiger partial charge in [0.05, 0.1) is 0 Å². The normalized spacial score (nSPS) is 11.3. The van der Waals surface area contributed by atoms with E-state index >= 15 is 0 Å². The van der Waals surface area contributed by atoms with E-state index in [9.17, 15) is 0 Å². The molecule has 2 heterocycles. The Morgan fingerprint density at radius 1 is 1.21 bits per heavy atom. The molecule has 0 saturated carbocycles. The lowest BCUT2D eigenvalue weighted by molar-refractivity contribution is 0.700. The topological polar surface area (TPSA) is 17.0 Å². The van der Waals surface area contributed by atoms with Crippen LogP contribution in [0.25, 0.3) is 10.9 Å². The van der Waals surface area contributed by atoms with Gasteiger partial charge in [0.1, 0.15) is 0 Å². The lowest BCUT2D eigenvalue weighted by Gasteiger charge is -2.03. The highest BCUT2D eigenvalue weighted by Gasteiger charge is 2.06. The smallest absolute Gasteiger partial charge is 0.0481 e. The molecule has 3 aromatic rings. The van der Waals surface area contributed by atoms with E-state index in [1.807, 2.05) is 0 Å². The first kappa shape index (κ1) is 12.9. The summed E-state index contributed by atoms with van der Waals surface area (Å²) in [4.78, 5) is 1.35. The summed E-state index contributed by atoms with van der Waals surface area (Å²) >= 11 is 5.34. The Balaban J connectivity index is 1.74. The van der Waals surface area contributed by atoms with Crippen LogP contribution in [0.1, 0.15) is 10.4 Å². The summed E-state index contributed by atoms with van der Waals surface area (Å²) < 4.78 is 3.39. The number of nitrogens with zero attached hydrogens (tertiary/aromatic N) is 1. The molecule has 0 aliphatic heterocycles. The highest BCUT2D eigenvalue weighted by molar-refractivity contribution is 9.10. The van der Waals surface area contributed by atoms with Crippen LogP contribution in [0.15, 0.2) is 46.4 Å². The van der Waals surface area contributed by atoms with Crippen molar-refractivity contribution in [3.05, 3.63) is 56.8 Å². The quantitative estimate of drug-likeness (QED) is 0.753. The number of hydrogen-bond donors (Lipinski definition) is 1. The van der Waals surface area contributed by atoms with E-state index < -0.39 is 0 Å². The first-order valence-corrected chi connectivity index (χ1v) is 7.88. The molecule has 0 amide bonds. The second-order valence-corrected chi connectivity index (χ2v) is 6.43. The van der Waals surface area contributed by atoms with Crippen molar-refractivity contribution >= 4 is 38.2 Å². The molecule has 19 heavy (non-hydrogen) atoms. The molecule has 1 aromatic carbocycles. The van der Waals surface area contributed by atoms with Gasteiger partial charge in [0, 0.05) is 46.6 Å². The van der Waals surface area contributed by atoms with E-state index in [1.165, 1.54) is 25.8 Å². The third-order valence-corrected chi connectivity index (χ3v) is 5.20. The molecule has 0 radical (unpaired) electrons. The maximum Gasteiger partial charge on any atom is 0.0481 e. The van der Waals surface area contributed by atoms with Crippen molar-refractivity contribution in [1.29, 1.82) is 0 Å². The molecule has 4 heteroatoms. The van der Waals surface area contributed by atoms with Crippen molar-refractivity contribution < 1.29 is 0 Å². The predicted molar refractivity (Wildman–Crippen MR) is 85.5 cm³/mol. The summed E-state index contributed by atoms with van der Waals surface area (Å²) in [6, 6.07) is 10.6. The molecule has 0 saturated heterocycles. The molecule has 1 N–H and O–H groups in total. The Hall–Kier alpha value is -1.10. The van der Waals surface area contributed by atoms with Crippen LogP contribution in [0.5, 0.6) is 0 Å². The van der Waals surface area contributed by atoms with Gasteiger partial charge in [-0.1, -0.05) is 18.2 Å². The highest BCUT2D eigenvalue weighted by Crippen LogP contribution is 2.23. The Kier molecular flexibility index (Phi) is 3.73. The minimum atomic E-state index is 0.895. The van der Waals surface area contributed by atoms with Crippen LogP contribution in [0, 0.1) is 0 Å². The molecule has 2 nitrogen and oxygen atoms in total. The lowest BCUT2D eigenvalue weighted by atomic mass is 10.2. The van der Waals surface area contributed by atoms with Crippen LogP contribution in [-0.2, 0) is 20.1 Å². The number of thiophene rings is 1. The van der Waals surface area contributed by atoms with Crippen LogP contribution in [0.4, 0.5) is 0 Å². The first-order valence-electron chi connectivity index (χ1n) is 6.21. The number of halogens is 1. The number of nitrogens with one attached hydrogen (secondary N) is 1. The third-order valence-electron chi connectivity index (χ3n) is 3.27. The zero-order chi connectivity index (χ0) is 13.2. The Morgan fingerprint density at radius 2 is 2.05 bits per heavy atom. The molecule has 0 unspecified atom stereocenters. The van der Waals surface area contributed by atoms with Crippen LogP contribution < -0.4 is 5.32 Å². The molecular weight excluding hydrogens is 320 g/mol. The van der Waals surface area contributed by atoms with E-state index in [0.717, 1.165) is 13.1 Å². The maximum absolute atomic E-state index is 3.56. The first-order chi connectivity index (χ1) is 9.25. The fraction of sp³-hybridized carbons (Fsp3) is 0.200. The molecule has 0 aliphatic carbocycles. The van der Waals surface area contributed by atoms with Crippen molar-refractivity contribution in [3.8, 4) is 0 Å². The van der Waals surface area contributed by atoms with Gasteiger partial charge >= 0.3 is 0 Å². The number of aromatic nitrogens is 1. The average Bonchev–Trinajstić information content (AvgIpc) is 2.96. The van der Waals surface area contributed by atoms with Crippen LogP contribution >= 0.6 is 27.3 Å². The number of rotatable bonds is 4. The number of aryl methyl sites for hydroxylation is 1. The Morgan fingerprint density at radius 3 is 2.84 bits per heavy atom. The van der Waals surface area contributed by atoms with Gasteiger partial charge < -0.3 is 9.88 Å². The van der Waals surface area contributed by atoms with E-state index in [0.29, 0.717) is 0 Å². The SMILES string of the molecule is Cn1cc(CNCc2sccc2Br)c2ccccc21. The van der Waals surface area contributed by atoms with E-state index in [-0.39, 0.29) is 0 Å². The fourth-order valence-electron chi connectivity index (χ4n) is 2.33. The van der Waals surface area contributed by atoms with Gasteiger partial charge in [-0.25, -0.2) is 0 Å². The minimum Gasteiger partial charge on any atom is -0.350 e. The number of hydrogen-bond acceptors (Lipinski definition) is 2. The van der Waals surface area contributed by atoms with E-state index in [2.05, 4.69) is 74.8 Å². The van der Waals surface area contributed by atoms with Crippen LogP contribution in [0.3, 0.4) is 0 Å². The molecular formula is C15H15BrN2S. The largest absolute Gasteiger partial charge is 0.350 e. The monoisotopic (exact) mass is 334 g/mol. The summed E-state index contributed by atoms with van der Waals surface area (Å²) in [5, 5.41) is 6.96. The van der Waals surface area contributed by atoms with Gasteiger partial charge in [-0.3, -0.25) is 0 Å². The minimum absolute atomic E-state index is 0.895. The van der Waals surface area contributed by atoms with Crippen LogP contribution in [-0.4, -0.2) is 4.57 Å². The standard InChI is InChI=1S/C15H15BrN2S/c1-18-10-11(12-4-2-3-5-14(12)18)8-17-9-15-13(16)6-7-19-15/h2-7,10,17H,8-9H2,1H3. The second kappa shape index (κ2) is 5.49. The molecule has 0 bridgehead atoms. The molecule has 0 aliphatic rings. The highest BCUT2D eigenvalue weighted by atomic mass is 79.9. The summed E-state index contributed by atoms with van der Waals surface area (Å²) in [6.07, 6.45) is 2.21. The number of benzene rings is 1. The second-order valence-electron chi connectivity index (χ2n) is 4.58. The predicted octanol–water partition coefficient (Wildman–Crippen LogP) is 4.29. The van der Waals surface area contributed by atoms with Crippen molar-refractivity contribution in [2.75, 3.05) is 0 Å². The van der Waals surface area contributed by atoms with Crippen molar-refractivity contribution in [2.45, 2.75) is 13.1 Å². The van der Waals surface area contributed by atoms with Gasteiger partial charge in [0.25, 0.3) is 0 Å². The Labute approximate surface area is 125 Å². The average molecular weight is 335 g/mol. The van der Waals surface area contributed by atoms with E-state index in [1.54, 1.807) is 11.3 Å². The van der Waals surface area contributed by atoms with Gasteiger partial charge in [0.15, 0.2) is 0 Å². The third kappa shape index (κ3) is 2.61. The Bertz CT molecular complexity index is 699. The van der Waals surface area contributed by atoms with Crippen molar-refractivity contribution in [1.82, 2.24) is 9.88 Å². The summed E-state index contributed by atoms with van der Waals surface area (Å²) in [5.41, 5.74) is 2.64. The fourth-order valence-corrected chi connectivity index (χ4v) is 3.79.